The fourth-order valence-electron chi connectivity index (χ4n) is 3.79. The number of ether oxygens (including phenoxy) is 2. The van der Waals surface area contributed by atoms with Crippen molar-refractivity contribution in [1.82, 2.24) is 4.98 Å². The van der Waals surface area contributed by atoms with Crippen LogP contribution >= 0.6 is 11.8 Å². The van der Waals surface area contributed by atoms with Gasteiger partial charge in [0.05, 0.1) is 36.0 Å². The summed E-state index contributed by atoms with van der Waals surface area (Å²) in [6.07, 6.45) is 2.78. The summed E-state index contributed by atoms with van der Waals surface area (Å²) in [5, 5.41) is 10.5. The number of aryl methyl sites for hydroxylation is 1. The summed E-state index contributed by atoms with van der Waals surface area (Å²) in [7, 11) is -1.11. The normalized spacial score (nSPS) is 12.3. The van der Waals surface area contributed by atoms with Gasteiger partial charge in [0.1, 0.15) is 17.2 Å². The average molecular weight is 563 g/mol. The number of carbonyl (C=O) groups is 1. The number of hydrogen-bond donors (Lipinski definition) is 0. The van der Waals surface area contributed by atoms with Gasteiger partial charge in [0.25, 0.3) is 0 Å². The number of unbranched alkanes of at least 4 members (excludes halogenated alkanes) is 1. The van der Waals surface area contributed by atoms with Crippen molar-refractivity contribution in [3.8, 4) is 28.5 Å². The van der Waals surface area contributed by atoms with Crippen LogP contribution in [0.4, 0.5) is 0 Å². The van der Waals surface area contributed by atoms with Crippen LogP contribution in [0.15, 0.2) is 78.3 Å². The third kappa shape index (κ3) is 9.47. The Morgan fingerprint density at radius 1 is 1.18 bits per heavy atom. The summed E-state index contributed by atoms with van der Waals surface area (Å²) < 4.78 is 23.6. The first-order valence-electron chi connectivity index (χ1n) is 12.9. The van der Waals surface area contributed by atoms with E-state index in [0.717, 1.165) is 46.9 Å². The van der Waals surface area contributed by atoms with E-state index in [0.29, 0.717) is 28.6 Å². The summed E-state index contributed by atoms with van der Waals surface area (Å²) >= 11 is 1.16. The minimum Gasteiger partial charge on any atom is -0.458 e. The lowest BCUT2D eigenvalue weighted by atomic mass is 9.99. The number of nitrogens with zero attached hydrogens (tertiary/aromatic N) is 2. The van der Waals surface area contributed by atoms with Crippen LogP contribution in [0.5, 0.6) is 0 Å². The molecule has 0 N–H and O–H groups in total. The molecular formula is C31H34N2O4S2. The van der Waals surface area contributed by atoms with Gasteiger partial charge in [0.15, 0.2) is 0 Å². The van der Waals surface area contributed by atoms with Crippen molar-refractivity contribution in [3.05, 3.63) is 84.4 Å². The van der Waals surface area contributed by atoms with Gasteiger partial charge in [-0.3, -0.25) is 9.00 Å². The van der Waals surface area contributed by atoms with Crippen molar-refractivity contribution in [3.63, 3.8) is 0 Å². The number of thioether (sulfide) groups is 1. The van der Waals surface area contributed by atoms with Crippen LogP contribution in [0.25, 0.3) is 22.4 Å². The molecule has 0 aliphatic heterocycles. The van der Waals surface area contributed by atoms with Crippen LogP contribution in [-0.2, 0) is 25.1 Å². The quantitative estimate of drug-likeness (QED) is 0.0923. The highest BCUT2D eigenvalue weighted by molar-refractivity contribution is 8.00. The van der Waals surface area contributed by atoms with Crippen molar-refractivity contribution < 1.29 is 18.5 Å². The lowest BCUT2D eigenvalue weighted by molar-refractivity contribution is -0.147. The molecule has 0 radical (unpaired) electrons. The fraction of sp³-hybridized carbons (Fsp3) is 0.323. The molecule has 3 aromatic rings. The van der Waals surface area contributed by atoms with Crippen molar-refractivity contribution in [1.29, 1.82) is 5.26 Å². The van der Waals surface area contributed by atoms with E-state index in [-0.39, 0.29) is 18.1 Å². The molecule has 0 fully saturated rings. The second-order valence-corrected chi connectivity index (χ2v) is 11.6. The van der Waals surface area contributed by atoms with E-state index in [4.69, 9.17) is 14.5 Å². The van der Waals surface area contributed by atoms with Gasteiger partial charge in [-0.05, 0) is 25.0 Å². The van der Waals surface area contributed by atoms with E-state index in [1.807, 2.05) is 74.5 Å². The first-order chi connectivity index (χ1) is 18.9. The molecular weight excluding hydrogens is 528 g/mol. The first-order valence-corrected chi connectivity index (χ1v) is 15.4. The summed E-state index contributed by atoms with van der Waals surface area (Å²) in [6.45, 7) is 8.15. The zero-order valence-electron chi connectivity index (χ0n) is 22.4. The topological polar surface area (TPSA) is 89.3 Å². The molecule has 39 heavy (non-hydrogen) atoms. The van der Waals surface area contributed by atoms with E-state index < -0.39 is 22.9 Å². The van der Waals surface area contributed by atoms with Crippen molar-refractivity contribution in [2.24, 2.45) is 0 Å². The summed E-state index contributed by atoms with van der Waals surface area (Å²) in [5.41, 5.74) is 4.81. The molecule has 1 heterocycles. The van der Waals surface area contributed by atoms with Gasteiger partial charge < -0.3 is 9.47 Å². The van der Waals surface area contributed by atoms with E-state index >= 15 is 0 Å². The Balaban J connectivity index is 1.83. The van der Waals surface area contributed by atoms with E-state index in [2.05, 4.69) is 12.6 Å². The third-order valence-corrected chi connectivity index (χ3v) is 8.23. The van der Waals surface area contributed by atoms with E-state index in [9.17, 15) is 14.3 Å². The van der Waals surface area contributed by atoms with Gasteiger partial charge in [-0.15, -0.1) is 6.58 Å². The minimum atomic E-state index is -1.11. The molecule has 1 aromatic heterocycles. The average Bonchev–Trinajstić information content (AvgIpc) is 2.95. The number of esters is 1. The number of pyridine rings is 1. The van der Waals surface area contributed by atoms with Crippen LogP contribution in [0.1, 0.15) is 30.9 Å². The molecule has 204 valence electrons. The maximum Gasteiger partial charge on any atom is 0.316 e. The van der Waals surface area contributed by atoms with Crippen molar-refractivity contribution in [2.45, 2.75) is 37.8 Å². The zero-order chi connectivity index (χ0) is 28.0. The molecule has 3 rings (SSSR count). The standard InChI is InChI=1S/C31H34N2O4S2/c1-4-6-17-39(35)22-26(20-36-16-5-2)37-30(34)21-38-31-28(19-32)27(24-10-8-7-9-11-24)18-29(33-31)25-14-12-23(3)13-15-25/h5,7-15,18,26H,2,4,6,16-17,20-22H2,1,3H3. The number of carbonyl (C=O) groups excluding carboxylic acids is 1. The maximum absolute atomic E-state index is 12.9. The molecule has 0 bridgehead atoms. The molecule has 0 spiro atoms. The molecule has 6 nitrogen and oxygen atoms in total. The third-order valence-electron chi connectivity index (χ3n) is 5.79. The predicted octanol–water partition coefficient (Wildman–Crippen LogP) is 6.35. The monoisotopic (exact) mass is 562 g/mol. The minimum absolute atomic E-state index is 0.0488. The van der Waals surface area contributed by atoms with Crippen molar-refractivity contribution >= 4 is 28.5 Å². The molecule has 2 aromatic carbocycles. The highest BCUT2D eigenvalue weighted by Gasteiger charge is 2.21. The molecule has 0 aliphatic carbocycles. The number of hydrogen-bond acceptors (Lipinski definition) is 7. The summed E-state index contributed by atoms with van der Waals surface area (Å²) in [5.74, 6) is 0.250. The molecule has 2 atom stereocenters. The lowest BCUT2D eigenvalue weighted by Crippen LogP contribution is -2.30. The Bertz CT molecular complexity index is 1300. The van der Waals surface area contributed by atoms with Gasteiger partial charge in [-0.25, -0.2) is 4.98 Å². The number of nitriles is 1. The van der Waals surface area contributed by atoms with Crippen LogP contribution in [-0.4, -0.2) is 51.7 Å². The molecule has 2 unspecified atom stereocenters. The summed E-state index contributed by atoms with van der Waals surface area (Å²) in [4.78, 5) is 17.6. The van der Waals surface area contributed by atoms with Gasteiger partial charge >= 0.3 is 5.97 Å². The van der Waals surface area contributed by atoms with Gasteiger partial charge in [-0.1, -0.05) is 91.3 Å². The predicted molar refractivity (Wildman–Crippen MR) is 159 cm³/mol. The second kappa shape index (κ2) is 16.0. The molecule has 0 aliphatic rings. The highest BCUT2D eigenvalue weighted by Crippen LogP contribution is 2.34. The van der Waals surface area contributed by atoms with Gasteiger partial charge in [-0.2, -0.15) is 5.26 Å². The van der Waals surface area contributed by atoms with Crippen molar-refractivity contribution in [2.75, 3.05) is 30.5 Å². The van der Waals surface area contributed by atoms with Crippen LogP contribution in [0.3, 0.4) is 0 Å². The molecule has 0 saturated carbocycles. The largest absolute Gasteiger partial charge is 0.458 e. The Kier molecular flexibility index (Phi) is 12.4. The Morgan fingerprint density at radius 2 is 1.92 bits per heavy atom. The van der Waals surface area contributed by atoms with Crippen LogP contribution in [0.2, 0.25) is 0 Å². The maximum atomic E-state index is 12.9. The lowest BCUT2D eigenvalue weighted by Gasteiger charge is -2.18. The van der Waals surface area contributed by atoms with Gasteiger partial charge in [0.2, 0.25) is 0 Å². The summed E-state index contributed by atoms with van der Waals surface area (Å²) in [6, 6.07) is 21.9. The number of aromatic nitrogens is 1. The van der Waals surface area contributed by atoms with Crippen LogP contribution < -0.4 is 0 Å². The Hall–Kier alpha value is -3.25. The Labute approximate surface area is 237 Å². The van der Waals surface area contributed by atoms with Crippen LogP contribution in [0, 0.1) is 18.3 Å². The second-order valence-electron chi connectivity index (χ2n) is 8.97. The zero-order valence-corrected chi connectivity index (χ0v) is 24.1. The smallest absolute Gasteiger partial charge is 0.316 e. The highest BCUT2D eigenvalue weighted by atomic mass is 32.2. The number of benzene rings is 2. The van der Waals surface area contributed by atoms with E-state index in [1.165, 1.54) is 0 Å². The SMILES string of the molecule is C=CCOCC(CS(=O)CCCC)OC(=O)CSc1nc(-c2ccc(C)cc2)cc(-c2ccccc2)c1C#N. The fourth-order valence-corrected chi connectivity index (χ4v) is 5.94. The van der Waals surface area contributed by atoms with Gasteiger partial charge in [0, 0.05) is 27.7 Å². The number of rotatable bonds is 15. The van der Waals surface area contributed by atoms with E-state index in [1.54, 1.807) is 6.08 Å². The molecule has 0 amide bonds. The first kappa shape index (κ1) is 30.3. The Morgan fingerprint density at radius 3 is 2.59 bits per heavy atom. The molecule has 0 saturated heterocycles. The molecule has 8 heteroatoms.